The second-order valence-corrected chi connectivity index (χ2v) is 8.76. The molecule has 0 saturated heterocycles. The third-order valence-corrected chi connectivity index (χ3v) is 5.82. The lowest BCUT2D eigenvalue weighted by Gasteiger charge is -2.23. The second-order valence-electron chi connectivity index (χ2n) is 8.76. The van der Waals surface area contributed by atoms with Crippen LogP contribution >= 0.6 is 0 Å². The van der Waals surface area contributed by atoms with E-state index in [1.54, 1.807) is 12.3 Å². The molecule has 0 atom stereocenters. The summed E-state index contributed by atoms with van der Waals surface area (Å²) < 4.78 is 12.0. The molecular weight excluding hydrogens is 408 g/mol. The van der Waals surface area contributed by atoms with Gasteiger partial charge in [-0.05, 0) is 30.9 Å². The van der Waals surface area contributed by atoms with Crippen molar-refractivity contribution < 1.29 is 18.7 Å². The van der Waals surface area contributed by atoms with Gasteiger partial charge in [-0.2, -0.15) is 0 Å². The van der Waals surface area contributed by atoms with Gasteiger partial charge in [0.2, 0.25) is 0 Å². The van der Waals surface area contributed by atoms with E-state index in [2.05, 4.69) is 24.5 Å². The van der Waals surface area contributed by atoms with E-state index >= 15 is 0 Å². The van der Waals surface area contributed by atoms with Gasteiger partial charge in [-0.3, -0.25) is 4.79 Å². The number of hydrogen-bond donors (Lipinski definition) is 2. The van der Waals surface area contributed by atoms with E-state index in [4.69, 9.17) is 14.1 Å². The number of esters is 1. The Morgan fingerprint density at radius 3 is 2.72 bits per heavy atom. The third-order valence-electron chi connectivity index (χ3n) is 5.82. The fourth-order valence-corrected chi connectivity index (χ4v) is 4.34. The molecule has 0 radical (unpaired) electrons. The molecule has 32 heavy (non-hydrogen) atoms. The summed E-state index contributed by atoms with van der Waals surface area (Å²) >= 11 is 0. The van der Waals surface area contributed by atoms with Crippen molar-refractivity contribution in [2.45, 2.75) is 58.5 Å². The summed E-state index contributed by atoms with van der Waals surface area (Å²) in [4.78, 5) is 30.4. The first-order chi connectivity index (χ1) is 15.5. The van der Waals surface area contributed by atoms with Crippen LogP contribution in [-0.2, 0) is 11.3 Å². The number of aromatic nitrogens is 2. The van der Waals surface area contributed by atoms with Crippen LogP contribution in [-0.4, -0.2) is 34.6 Å². The Bertz CT molecular complexity index is 1100. The van der Waals surface area contributed by atoms with E-state index in [0.29, 0.717) is 34.9 Å². The van der Waals surface area contributed by atoms with Gasteiger partial charge in [-0.15, -0.1) is 0 Å². The molecule has 0 aliphatic heterocycles. The highest BCUT2D eigenvalue weighted by Crippen LogP contribution is 2.34. The third kappa shape index (κ3) is 4.49. The molecule has 1 amide bonds. The molecular formula is C24H30N4O4. The van der Waals surface area contributed by atoms with Gasteiger partial charge in [0, 0.05) is 18.0 Å². The average molecular weight is 439 g/mol. The molecule has 1 fully saturated rings. The molecule has 1 saturated carbocycles. The molecule has 4 rings (SSSR count). The van der Waals surface area contributed by atoms with Crippen molar-refractivity contribution in [1.29, 1.82) is 0 Å². The van der Waals surface area contributed by atoms with Crippen LogP contribution in [0.5, 0.6) is 0 Å². The average Bonchev–Trinajstić information content (AvgIpc) is 3.41. The van der Waals surface area contributed by atoms with Gasteiger partial charge in [-0.25, -0.2) is 9.78 Å². The number of pyridine rings is 1. The van der Waals surface area contributed by atoms with Crippen LogP contribution in [0.2, 0.25) is 0 Å². The highest BCUT2D eigenvalue weighted by atomic mass is 16.5. The Morgan fingerprint density at radius 1 is 1.28 bits per heavy atom. The van der Waals surface area contributed by atoms with Crippen LogP contribution in [0, 0.1) is 5.92 Å². The number of nitrogens with one attached hydrogen (secondary N) is 2. The first kappa shape index (κ1) is 21.9. The number of nitrogens with zero attached hydrogens (tertiary/aromatic N) is 2. The maximum absolute atomic E-state index is 12.8. The predicted octanol–water partition coefficient (Wildman–Crippen LogP) is 5.07. The van der Waals surface area contributed by atoms with E-state index in [9.17, 15) is 9.59 Å². The fourth-order valence-electron chi connectivity index (χ4n) is 4.34. The summed E-state index contributed by atoms with van der Waals surface area (Å²) in [7, 11) is 1.34. The number of methoxy groups -OCH3 is 1. The van der Waals surface area contributed by atoms with E-state index in [1.807, 2.05) is 10.6 Å². The molecule has 0 aromatic carbocycles. The molecule has 3 heterocycles. The number of ether oxygens (including phenoxy) is 1. The van der Waals surface area contributed by atoms with Gasteiger partial charge in [0.1, 0.15) is 11.9 Å². The molecule has 170 valence electrons. The zero-order chi connectivity index (χ0) is 22.7. The highest BCUT2D eigenvalue weighted by Gasteiger charge is 2.27. The molecule has 2 N–H and O–H groups in total. The minimum atomic E-state index is -0.520. The largest absolute Gasteiger partial charge is 0.472 e. The van der Waals surface area contributed by atoms with Gasteiger partial charge in [0.15, 0.2) is 5.69 Å². The van der Waals surface area contributed by atoms with E-state index in [0.717, 1.165) is 18.5 Å². The standard InChI is InChI=1S/C24H30N4O4/c1-15(2)13-28-21(24(30)31-3)20(27-23(29)16-9-10-32-14-16)19-11-18(12-25-22(19)28)26-17-7-5-4-6-8-17/h9-12,14-15,17,26H,4-8,13H2,1-3H3,(H,27,29). The lowest BCUT2D eigenvalue weighted by atomic mass is 9.95. The number of furan rings is 1. The molecule has 3 aromatic heterocycles. The van der Waals surface area contributed by atoms with Crippen molar-refractivity contribution in [2.24, 2.45) is 5.92 Å². The summed E-state index contributed by atoms with van der Waals surface area (Å²) in [5.41, 5.74) is 2.57. The highest BCUT2D eigenvalue weighted by molar-refractivity contribution is 6.14. The van der Waals surface area contributed by atoms with Gasteiger partial charge in [-0.1, -0.05) is 33.1 Å². The Kier molecular flexibility index (Phi) is 6.48. The Balaban J connectivity index is 1.81. The predicted molar refractivity (Wildman–Crippen MR) is 123 cm³/mol. The van der Waals surface area contributed by atoms with Crippen molar-refractivity contribution in [2.75, 3.05) is 17.7 Å². The number of fused-ring (bicyclic) bond motifs is 1. The van der Waals surface area contributed by atoms with Crippen molar-refractivity contribution in [3.8, 4) is 0 Å². The fraction of sp³-hybridized carbons (Fsp3) is 0.458. The molecule has 3 aromatic rings. The van der Waals surface area contributed by atoms with Gasteiger partial charge < -0.3 is 24.4 Å². The number of carbonyl (C=O) groups excluding carboxylic acids is 2. The van der Waals surface area contributed by atoms with Crippen molar-refractivity contribution in [1.82, 2.24) is 9.55 Å². The van der Waals surface area contributed by atoms with Gasteiger partial charge >= 0.3 is 5.97 Å². The summed E-state index contributed by atoms with van der Waals surface area (Å²) in [6, 6.07) is 3.95. The number of hydrogen-bond acceptors (Lipinski definition) is 6. The number of anilines is 2. The van der Waals surface area contributed by atoms with Gasteiger partial charge in [0.05, 0.1) is 36.5 Å². The zero-order valence-corrected chi connectivity index (χ0v) is 18.8. The summed E-state index contributed by atoms with van der Waals surface area (Å²) in [5, 5.41) is 7.18. The lowest BCUT2D eigenvalue weighted by molar-refractivity contribution is 0.0589. The number of amides is 1. The molecule has 0 unspecified atom stereocenters. The molecule has 0 bridgehead atoms. The second kappa shape index (κ2) is 9.46. The van der Waals surface area contributed by atoms with Crippen LogP contribution in [0.4, 0.5) is 11.4 Å². The topological polar surface area (TPSA) is 98.4 Å². The van der Waals surface area contributed by atoms with Crippen molar-refractivity contribution in [3.05, 3.63) is 42.1 Å². The maximum Gasteiger partial charge on any atom is 0.356 e. The van der Waals surface area contributed by atoms with E-state index in [1.165, 1.54) is 38.9 Å². The van der Waals surface area contributed by atoms with Crippen LogP contribution in [0.3, 0.4) is 0 Å². The summed E-state index contributed by atoms with van der Waals surface area (Å²) in [6.07, 6.45) is 10.6. The van der Waals surface area contributed by atoms with Crippen LogP contribution in [0.25, 0.3) is 11.0 Å². The maximum atomic E-state index is 12.8. The first-order valence-corrected chi connectivity index (χ1v) is 11.2. The Hall–Kier alpha value is -3.29. The molecule has 1 aliphatic carbocycles. The number of carbonyl (C=O) groups is 2. The van der Waals surface area contributed by atoms with Crippen LogP contribution in [0.1, 0.15) is 66.8 Å². The van der Waals surface area contributed by atoms with E-state index in [-0.39, 0.29) is 17.5 Å². The molecule has 1 aliphatic rings. The quantitative estimate of drug-likeness (QED) is 0.500. The lowest BCUT2D eigenvalue weighted by Crippen LogP contribution is -2.22. The van der Waals surface area contributed by atoms with Crippen LogP contribution < -0.4 is 10.6 Å². The van der Waals surface area contributed by atoms with Crippen LogP contribution in [0.15, 0.2) is 35.3 Å². The number of rotatable bonds is 7. The van der Waals surface area contributed by atoms with E-state index < -0.39 is 5.97 Å². The van der Waals surface area contributed by atoms with Gasteiger partial charge in [0.25, 0.3) is 5.91 Å². The zero-order valence-electron chi connectivity index (χ0n) is 18.8. The monoisotopic (exact) mass is 438 g/mol. The smallest absolute Gasteiger partial charge is 0.356 e. The summed E-state index contributed by atoms with van der Waals surface area (Å²) in [5.74, 6) is -0.626. The first-order valence-electron chi connectivity index (χ1n) is 11.2. The molecule has 0 spiro atoms. The summed E-state index contributed by atoms with van der Waals surface area (Å²) in [6.45, 7) is 4.69. The minimum Gasteiger partial charge on any atom is -0.472 e. The molecule has 8 heteroatoms. The Labute approximate surface area is 187 Å². The van der Waals surface area contributed by atoms with Crippen molar-refractivity contribution >= 4 is 34.3 Å². The molecule has 8 nitrogen and oxygen atoms in total. The normalized spacial score (nSPS) is 14.6. The minimum absolute atomic E-state index is 0.258. The Morgan fingerprint density at radius 2 is 2.06 bits per heavy atom. The van der Waals surface area contributed by atoms with Crippen molar-refractivity contribution in [3.63, 3.8) is 0 Å². The SMILES string of the molecule is COC(=O)c1c(NC(=O)c2ccoc2)c2cc(NC3CCCCC3)cnc2n1CC(C)C.